The molecule has 0 spiro atoms. The van der Waals surface area contributed by atoms with Crippen LogP contribution < -0.4 is 5.32 Å². The van der Waals surface area contributed by atoms with E-state index in [4.69, 9.17) is 9.15 Å². The molecule has 1 N–H and O–H groups in total. The van der Waals surface area contributed by atoms with Crippen LogP contribution in [0.4, 0.5) is 6.01 Å². The van der Waals surface area contributed by atoms with Crippen molar-refractivity contribution in [2.75, 3.05) is 11.9 Å². The molecule has 0 amide bonds. The number of nitrogens with one attached hydrogen (secondary N) is 1. The molecule has 4 nitrogen and oxygen atoms in total. The molecule has 0 atom stereocenters. The summed E-state index contributed by atoms with van der Waals surface area (Å²) in [5, 5.41) is 3.20. The maximum Gasteiger partial charge on any atom is 0.295 e. The lowest BCUT2D eigenvalue weighted by molar-refractivity contribution is 0.134. The molecule has 0 bridgehead atoms. The Bertz CT molecular complexity index is 671. The molecule has 0 saturated heterocycles. The average molecular weight is 282 g/mol. The molecule has 1 aromatic heterocycles. The molecule has 0 unspecified atom stereocenters. The number of fused-ring (bicyclic) bond motifs is 1. The van der Waals surface area contributed by atoms with Crippen LogP contribution in [0.2, 0.25) is 0 Å². The molecule has 0 aliphatic carbocycles. The first-order valence-corrected chi connectivity index (χ1v) is 7.10. The third-order valence-corrected chi connectivity index (χ3v) is 3.23. The van der Waals surface area contributed by atoms with Crippen molar-refractivity contribution in [3.05, 3.63) is 59.7 Å². The summed E-state index contributed by atoms with van der Waals surface area (Å²) in [7, 11) is 0. The minimum absolute atomic E-state index is 0.551. The van der Waals surface area contributed by atoms with Gasteiger partial charge in [0.05, 0.1) is 6.61 Å². The van der Waals surface area contributed by atoms with Gasteiger partial charge in [0.15, 0.2) is 5.58 Å². The Labute approximate surface area is 123 Å². The first-order chi connectivity index (χ1) is 10.3. The van der Waals surface area contributed by atoms with E-state index in [1.54, 1.807) is 0 Å². The van der Waals surface area contributed by atoms with Crippen molar-refractivity contribution in [2.45, 2.75) is 20.1 Å². The van der Waals surface area contributed by atoms with E-state index < -0.39 is 0 Å². The molecule has 108 valence electrons. The summed E-state index contributed by atoms with van der Waals surface area (Å²) in [5.74, 6) is 0. The summed E-state index contributed by atoms with van der Waals surface area (Å²) in [5.41, 5.74) is 4.03. The third-order valence-electron chi connectivity index (χ3n) is 3.23. The minimum Gasteiger partial charge on any atom is -0.424 e. The molecule has 0 radical (unpaired) electrons. The highest BCUT2D eigenvalue weighted by atomic mass is 16.5. The van der Waals surface area contributed by atoms with Gasteiger partial charge in [-0.1, -0.05) is 36.4 Å². The summed E-state index contributed by atoms with van der Waals surface area (Å²) in [6.45, 7) is 4.08. The van der Waals surface area contributed by atoms with Gasteiger partial charge >= 0.3 is 0 Å². The predicted molar refractivity (Wildman–Crippen MR) is 83.1 cm³/mol. The van der Waals surface area contributed by atoms with Gasteiger partial charge in [0.25, 0.3) is 6.01 Å². The number of benzene rings is 2. The Kier molecular flexibility index (Phi) is 4.17. The first kappa shape index (κ1) is 13.6. The Hall–Kier alpha value is -2.33. The van der Waals surface area contributed by atoms with Crippen LogP contribution in [-0.4, -0.2) is 11.6 Å². The number of hydrogen-bond acceptors (Lipinski definition) is 4. The van der Waals surface area contributed by atoms with Crippen molar-refractivity contribution in [3.63, 3.8) is 0 Å². The van der Waals surface area contributed by atoms with Crippen LogP contribution in [-0.2, 0) is 17.9 Å². The number of aromatic nitrogens is 1. The molecule has 4 heteroatoms. The largest absolute Gasteiger partial charge is 0.424 e. The molecular weight excluding hydrogens is 264 g/mol. The summed E-state index contributed by atoms with van der Waals surface area (Å²) >= 11 is 0. The fraction of sp³-hybridized carbons (Fsp3) is 0.235. The van der Waals surface area contributed by atoms with E-state index in [0.29, 0.717) is 19.2 Å². The van der Waals surface area contributed by atoms with Crippen LogP contribution in [0.5, 0.6) is 0 Å². The molecule has 2 aromatic carbocycles. The molecule has 21 heavy (non-hydrogen) atoms. The Balaban J connectivity index is 1.61. The van der Waals surface area contributed by atoms with Gasteiger partial charge in [-0.25, -0.2) is 0 Å². The standard InChI is InChI=1S/C17H18N2O2/c1-2-20-12-14-9-7-13(8-10-14)11-18-17-19-15-5-3-4-6-16(15)21-17/h3-10H,2,11-12H2,1H3,(H,18,19). The summed E-state index contributed by atoms with van der Waals surface area (Å²) in [6, 6.07) is 16.6. The molecule has 0 aliphatic rings. The highest BCUT2D eigenvalue weighted by molar-refractivity contribution is 5.74. The minimum atomic E-state index is 0.551. The molecule has 0 aliphatic heterocycles. The van der Waals surface area contributed by atoms with Crippen molar-refractivity contribution in [2.24, 2.45) is 0 Å². The van der Waals surface area contributed by atoms with Crippen molar-refractivity contribution in [3.8, 4) is 0 Å². The van der Waals surface area contributed by atoms with Crippen molar-refractivity contribution < 1.29 is 9.15 Å². The lowest BCUT2D eigenvalue weighted by Crippen LogP contribution is -2.00. The molecule has 0 saturated carbocycles. The Morgan fingerprint density at radius 3 is 2.57 bits per heavy atom. The Morgan fingerprint density at radius 2 is 1.81 bits per heavy atom. The van der Waals surface area contributed by atoms with Gasteiger partial charge in [0.2, 0.25) is 0 Å². The van der Waals surface area contributed by atoms with E-state index in [0.717, 1.165) is 17.7 Å². The summed E-state index contributed by atoms with van der Waals surface area (Å²) in [6.07, 6.45) is 0. The highest BCUT2D eigenvalue weighted by Gasteiger charge is 2.04. The SMILES string of the molecule is CCOCc1ccc(CNc2nc3ccccc3o2)cc1. The van der Waals surface area contributed by atoms with Crippen molar-refractivity contribution in [1.82, 2.24) is 4.98 Å². The molecule has 0 fully saturated rings. The zero-order valence-electron chi connectivity index (χ0n) is 12.0. The lowest BCUT2D eigenvalue weighted by atomic mass is 10.1. The number of hydrogen-bond donors (Lipinski definition) is 1. The van der Waals surface area contributed by atoms with Gasteiger partial charge in [0, 0.05) is 13.2 Å². The van der Waals surface area contributed by atoms with E-state index >= 15 is 0 Å². The van der Waals surface area contributed by atoms with E-state index in [1.165, 1.54) is 11.1 Å². The second-order valence-corrected chi connectivity index (χ2v) is 4.79. The quantitative estimate of drug-likeness (QED) is 0.743. The second-order valence-electron chi connectivity index (χ2n) is 4.79. The van der Waals surface area contributed by atoms with Gasteiger partial charge in [-0.05, 0) is 30.2 Å². The number of rotatable bonds is 6. The molecule has 3 rings (SSSR count). The van der Waals surface area contributed by atoms with E-state index in [9.17, 15) is 0 Å². The van der Waals surface area contributed by atoms with Crippen LogP contribution in [0.25, 0.3) is 11.1 Å². The van der Waals surface area contributed by atoms with Crippen LogP contribution >= 0.6 is 0 Å². The smallest absolute Gasteiger partial charge is 0.295 e. The predicted octanol–water partition coefficient (Wildman–Crippen LogP) is 3.98. The number of nitrogens with zero attached hydrogens (tertiary/aromatic N) is 1. The van der Waals surface area contributed by atoms with Gasteiger partial charge in [-0.15, -0.1) is 0 Å². The maximum atomic E-state index is 5.62. The van der Waals surface area contributed by atoms with Gasteiger partial charge in [-0.2, -0.15) is 4.98 Å². The van der Waals surface area contributed by atoms with E-state index in [2.05, 4.69) is 34.6 Å². The maximum absolute atomic E-state index is 5.62. The monoisotopic (exact) mass is 282 g/mol. The van der Waals surface area contributed by atoms with Crippen molar-refractivity contribution in [1.29, 1.82) is 0 Å². The highest BCUT2D eigenvalue weighted by Crippen LogP contribution is 2.18. The fourth-order valence-corrected chi connectivity index (χ4v) is 2.10. The van der Waals surface area contributed by atoms with E-state index in [-0.39, 0.29) is 0 Å². The molecular formula is C17H18N2O2. The van der Waals surface area contributed by atoms with E-state index in [1.807, 2.05) is 31.2 Å². The first-order valence-electron chi connectivity index (χ1n) is 7.10. The van der Waals surface area contributed by atoms with Gasteiger partial charge in [0.1, 0.15) is 5.52 Å². The number of ether oxygens (including phenoxy) is 1. The number of anilines is 1. The second kappa shape index (κ2) is 6.41. The zero-order valence-corrected chi connectivity index (χ0v) is 12.0. The molecule has 1 heterocycles. The summed E-state index contributed by atoms with van der Waals surface area (Å²) in [4.78, 5) is 4.39. The van der Waals surface area contributed by atoms with Crippen LogP contribution in [0.15, 0.2) is 52.9 Å². The van der Waals surface area contributed by atoms with Crippen molar-refractivity contribution >= 4 is 17.1 Å². The van der Waals surface area contributed by atoms with Crippen LogP contribution in [0, 0.1) is 0 Å². The number of oxazole rings is 1. The van der Waals surface area contributed by atoms with Crippen LogP contribution in [0.1, 0.15) is 18.1 Å². The Morgan fingerprint density at radius 1 is 1.05 bits per heavy atom. The van der Waals surface area contributed by atoms with Gasteiger partial charge in [-0.3, -0.25) is 0 Å². The van der Waals surface area contributed by atoms with Gasteiger partial charge < -0.3 is 14.5 Å². The fourth-order valence-electron chi connectivity index (χ4n) is 2.10. The number of para-hydroxylation sites is 2. The summed E-state index contributed by atoms with van der Waals surface area (Å²) < 4.78 is 11.0. The topological polar surface area (TPSA) is 47.3 Å². The third kappa shape index (κ3) is 3.41. The lowest BCUT2D eigenvalue weighted by Gasteiger charge is -2.05. The zero-order chi connectivity index (χ0) is 14.5. The van der Waals surface area contributed by atoms with Crippen LogP contribution in [0.3, 0.4) is 0 Å². The normalized spacial score (nSPS) is 10.9. The average Bonchev–Trinajstić information content (AvgIpc) is 2.95. The molecule has 3 aromatic rings.